The number of hydrogen-bond acceptors (Lipinski definition) is 3. The molecule has 7 heteroatoms. The van der Waals surface area contributed by atoms with E-state index in [1.807, 2.05) is 5.38 Å². The van der Waals surface area contributed by atoms with E-state index in [4.69, 9.17) is 0 Å². The van der Waals surface area contributed by atoms with Crippen molar-refractivity contribution in [2.45, 2.75) is 57.3 Å². The van der Waals surface area contributed by atoms with Gasteiger partial charge in [-0.15, -0.1) is 11.3 Å². The standard InChI is InChI=1S/C22H25F3N2OS/c23-22(24,25)16-5-3-4-15(12-16)13-27-10-8-17(9-11-27)26-21(28)19-14-29-20-7-2-1-6-18(19)20/h3-5,12,14,17H,1-2,6-11,13H2,(H,26,28). The maximum atomic E-state index is 12.9. The zero-order valence-corrected chi connectivity index (χ0v) is 17.0. The maximum Gasteiger partial charge on any atom is 0.416 e. The van der Waals surface area contributed by atoms with Crippen molar-refractivity contribution in [3.8, 4) is 0 Å². The Morgan fingerprint density at radius 3 is 2.69 bits per heavy atom. The van der Waals surface area contributed by atoms with Crippen LogP contribution in [0.25, 0.3) is 0 Å². The van der Waals surface area contributed by atoms with Gasteiger partial charge in [0, 0.05) is 35.9 Å². The van der Waals surface area contributed by atoms with E-state index in [1.54, 1.807) is 17.4 Å². The quantitative estimate of drug-likeness (QED) is 0.749. The van der Waals surface area contributed by atoms with E-state index in [-0.39, 0.29) is 11.9 Å². The molecule has 29 heavy (non-hydrogen) atoms. The zero-order valence-electron chi connectivity index (χ0n) is 16.2. The second kappa shape index (κ2) is 8.48. The number of halogens is 3. The van der Waals surface area contributed by atoms with Gasteiger partial charge in [0.2, 0.25) is 0 Å². The minimum Gasteiger partial charge on any atom is -0.349 e. The summed E-state index contributed by atoms with van der Waals surface area (Å²) in [5.41, 5.74) is 2.15. The van der Waals surface area contributed by atoms with Gasteiger partial charge in [0.1, 0.15) is 0 Å². The van der Waals surface area contributed by atoms with Gasteiger partial charge in [-0.2, -0.15) is 13.2 Å². The number of nitrogens with one attached hydrogen (secondary N) is 1. The van der Waals surface area contributed by atoms with Gasteiger partial charge in [0.25, 0.3) is 5.91 Å². The van der Waals surface area contributed by atoms with Gasteiger partial charge in [0.05, 0.1) is 11.1 Å². The van der Waals surface area contributed by atoms with E-state index in [1.165, 1.54) is 29.0 Å². The van der Waals surface area contributed by atoms with Gasteiger partial charge in [-0.25, -0.2) is 0 Å². The van der Waals surface area contributed by atoms with Crippen molar-refractivity contribution in [3.05, 3.63) is 56.8 Å². The first-order valence-corrected chi connectivity index (χ1v) is 11.1. The summed E-state index contributed by atoms with van der Waals surface area (Å²) in [6.45, 7) is 2.04. The van der Waals surface area contributed by atoms with Crippen LogP contribution in [0.15, 0.2) is 29.6 Å². The predicted octanol–water partition coefficient (Wildman–Crippen LogP) is 5.04. The molecule has 1 fully saturated rings. The molecule has 1 aliphatic heterocycles. The van der Waals surface area contributed by atoms with Crippen LogP contribution < -0.4 is 5.32 Å². The van der Waals surface area contributed by atoms with Crippen LogP contribution in [0.2, 0.25) is 0 Å². The third-order valence-electron chi connectivity index (χ3n) is 5.89. The molecular formula is C22H25F3N2OS. The minimum atomic E-state index is -4.31. The molecule has 3 nitrogen and oxygen atoms in total. The molecule has 1 aliphatic carbocycles. The third kappa shape index (κ3) is 4.83. The largest absolute Gasteiger partial charge is 0.416 e. The molecule has 0 saturated carbocycles. The number of alkyl halides is 3. The van der Waals surface area contributed by atoms with Crippen LogP contribution >= 0.6 is 11.3 Å². The van der Waals surface area contributed by atoms with Crippen LogP contribution in [-0.2, 0) is 25.6 Å². The smallest absolute Gasteiger partial charge is 0.349 e. The van der Waals surface area contributed by atoms with Crippen molar-refractivity contribution in [2.75, 3.05) is 13.1 Å². The molecule has 1 amide bonds. The van der Waals surface area contributed by atoms with Crippen molar-refractivity contribution in [1.29, 1.82) is 0 Å². The van der Waals surface area contributed by atoms with Gasteiger partial charge in [-0.05, 0) is 55.7 Å². The van der Waals surface area contributed by atoms with Crippen LogP contribution in [0.5, 0.6) is 0 Å². The second-order valence-electron chi connectivity index (χ2n) is 7.98. The molecule has 4 rings (SSSR count). The molecule has 0 spiro atoms. The van der Waals surface area contributed by atoms with Crippen molar-refractivity contribution in [3.63, 3.8) is 0 Å². The zero-order chi connectivity index (χ0) is 20.4. The lowest BCUT2D eigenvalue weighted by Crippen LogP contribution is -2.44. The molecule has 156 valence electrons. The lowest BCUT2D eigenvalue weighted by molar-refractivity contribution is -0.137. The molecular weight excluding hydrogens is 397 g/mol. The molecule has 0 unspecified atom stereocenters. The number of nitrogens with zero attached hydrogens (tertiary/aromatic N) is 1. The number of hydrogen-bond donors (Lipinski definition) is 1. The number of aryl methyl sites for hydroxylation is 1. The van der Waals surface area contributed by atoms with Crippen molar-refractivity contribution in [2.24, 2.45) is 0 Å². The number of thiophene rings is 1. The highest BCUT2D eigenvalue weighted by molar-refractivity contribution is 7.10. The average Bonchev–Trinajstić information content (AvgIpc) is 3.13. The number of fused-ring (bicyclic) bond motifs is 1. The molecule has 1 N–H and O–H groups in total. The van der Waals surface area contributed by atoms with Crippen LogP contribution in [-0.4, -0.2) is 29.9 Å². The van der Waals surface area contributed by atoms with Crippen molar-refractivity contribution in [1.82, 2.24) is 10.2 Å². The van der Waals surface area contributed by atoms with Gasteiger partial charge in [0.15, 0.2) is 0 Å². The Morgan fingerprint density at radius 2 is 1.93 bits per heavy atom. The molecule has 0 atom stereocenters. The SMILES string of the molecule is O=C(NC1CCN(Cc2cccc(C(F)(F)F)c2)CC1)c1csc2c1CCCC2. The summed E-state index contributed by atoms with van der Waals surface area (Å²) in [6, 6.07) is 5.66. The first-order chi connectivity index (χ1) is 13.9. The number of carbonyl (C=O) groups is 1. The normalized spacial score (nSPS) is 18.4. The number of amides is 1. The second-order valence-corrected chi connectivity index (χ2v) is 8.94. The summed E-state index contributed by atoms with van der Waals surface area (Å²) in [4.78, 5) is 16.2. The fourth-order valence-electron chi connectivity index (χ4n) is 4.29. The minimum absolute atomic E-state index is 0.0285. The molecule has 2 aromatic rings. The molecule has 2 aliphatic rings. The van der Waals surface area contributed by atoms with Crippen LogP contribution in [0, 0.1) is 0 Å². The molecule has 0 radical (unpaired) electrons. The Morgan fingerprint density at radius 1 is 1.17 bits per heavy atom. The highest BCUT2D eigenvalue weighted by Crippen LogP contribution is 2.31. The number of benzene rings is 1. The first kappa shape index (κ1) is 20.4. The van der Waals surface area contributed by atoms with E-state index < -0.39 is 11.7 Å². The van der Waals surface area contributed by atoms with E-state index in [0.717, 1.165) is 56.8 Å². The van der Waals surface area contributed by atoms with E-state index in [0.29, 0.717) is 12.1 Å². The Balaban J connectivity index is 1.30. The summed E-state index contributed by atoms with van der Waals surface area (Å²) >= 11 is 1.70. The van der Waals surface area contributed by atoms with Crippen LogP contribution in [0.4, 0.5) is 13.2 Å². The van der Waals surface area contributed by atoms with E-state index >= 15 is 0 Å². The van der Waals surface area contributed by atoms with Gasteiger partial charge in [-0.1, -0.05) is 18.2 Å². The van der Waals surface area contributed by atoms with Gasteiger partial charge < -0.3 is 5.32 Å². The fraction of sp³-hybridized carbons (Fsp3) is 0.500. The molecule has 1 aromatic carbocycles. The average molecular weight is 423 g/mol. The highest BCUT2D eigenvalue weighted by Gasteiger charge is 2.30. The Hall–Kier alpha value is -1.86. The van der Waals surface area contributed by atoms with Crippen molar-refractivity contribution < 1.29 is 18.0 Å². The predicted molar refractivity (Wildman–Crippen MR) is 108 cm³/mol. The summed E-state index contributed by atoms with van der Waals surface area (Å²) < 4.78 is 38.7. The topological polar surface area (TPSA) is 32.3 Å². The Labute approximate surface area is 172 Å². The highest BCUT2D eigenvalue weighted by atomic mass is 32.1. The summed E-state index contributed by atoms with van der Waals surface area (Å²) in [6.07, 6.45) is 1.76. The number of likely N-dealkylation sites (tertiary alicyclic amines) is 1. The van der Waals surface area contributed by atoms with E-state index in [2.05, 4.69) is 10.2 Å². The lowest BCUT2D eigenvalue weighted by Gasteiger charge is -2.32. The lowest BCUT2D eigenvalue weighted by atomic mass is 9.95. The van der Waals surface area contributed by atoms with E-state index in [9.17, 15) is 18.0 Å². The Bertz CT molecular complexity index is 869. The Kier molecular flexibility index (Phi) is 5.97. The van der Waals surface area contributed by atoms with Crippen molar-refractivity contribution >= 4 is 17.2 Å². The fourth-order valence-corrected chi connectivity index (χ4v) is 5.41. The maximum absolute atomic E-state index is 12.9. The number of carbonyl (C=O) groups excluding carboxylic acids is 1. The van der Waals surface area contributed by atoms with Crippen LogP contribution in [0.3, 0.4) is 0 Å². The molecule has 1 saturated heterocycles. The molecule has 0 bridgehead atoms. The number of rotatable bonds is 4. The summed E-state index contributed by atoms with van der Waals surface area (Å²) in [7, 11) is 0. The number of piperidine rings is 1. The molecule has 2 heterocycles. The van der Waals surface area contributed by atoms with Gasteiger partial charge >= 0.3 is 6.18 Å². The monoisotopic (exact) mass is 422 g/mol. The first-order valence-electron chi connectivity index (χ1n) is 10.2. The van der Waals surface area contributed by atoms with Gasteiger partial charge in [-0.3, -0.25) is 9.69 Å². The summed E-state index contributed by atoms with van der Waals surface area (Å²) in [5, 5.41) is 5.17. The molecule has 1 aromatic heterocycles. The summed E-state index contributed by atoms with van der Waals surface area (Å²) in [5.74, 6) is 0.0285. The van der Waals surface area contributed by atoms with Crippen LogP contribution in [0.1, 0.15) is 57.6 Å². The third-order valence-corrected chi connectivity index (χ3v) is 6.98.